The van der Waals surface area contributed by atoms with Crippen molar-refractivity contribution in [3.05, 3.63) is 59.3 Å². The van der Waals surface area contributed by atoms with E-state index < -0.39 is 40.9 Å². The molecule has 8 nitrogen and oxygen atoms in total. The highest BCUT2D eigenvalue weighted by Gasteiger charge is 2.74. The number of allylic oxidation sites excluding steroid dienone is 1. The molecule has 4 aliphatic rings. The Balaban J connectivity index is 1.54. The maximum atomic E-state index is 14.8. The van der Waals surface area contributed by atoms with Crippen LogP contribution in [0.15, 0.2) is 53.8 Å². The fourth-order valence-electron chi connectivity index (χ4n) is 7.70. The third kappa shape index (κ3) is 3.55. The molecule has 2 aromatic rings. The third-order valence-electron chi connectivity index (χ3n) is 10.3. The fourth-order valence-corrected chi connectivity index (χ4v) is 7.70. The number of aromatic nitrogens is 2. The zero-order valence-electron chi connectivity index (χ0n) is 24.2. The van der Waals surface area contributed by atoms with Gasteiger partial charge in [0.15, 0.2) is 23.3 Å². The number of ketones is 1. The topological polar surface area (TPSA) is 108 Å². The molecule has 0 amide bonds. The first-order valence-electron chi connectivity index (χ1n) is 14.1. The highest BCUT2D eigenvalue weighted by molar-refractivity contribution is 6.03. The van der Waals surface area contributed by atoms with Gasteiger partial charge in [0.25, 0.3) is 0 Å². The molecule has 7 atom stereocenters. The molecular weight excluding hydrogens is 508 g/mol. The maximum Gasteiger partial charge on any atom is 0.341 e. The number of hydrogen-bond acceptors (Lipinski definition) is 8. The lowest BCUT2D eigenvalue weighted by Crippen LogP contribution is -2.68. The van der Waals surface area contributed by atoms with Crippen molar-refractivity contribution in [3.63, 3.8) is 0 Å². The van der Waals surface area contributed by atoms with Crippen molar-refractivity contribution < 1.29 is 28.9 Å². The molecule has 2 unspecified atom stereocenters. The van der Waals surface area contributed by atoms with Gasteiger partial charge in [-0.05, 0) is 61.7 Å². The second kappa shape index (κ2) is 8.78. The van der Waals surface area contributed by atoms with Gasteiger partial charge >= 0.3 is 5.97 Å². The summed E-state index contributed by atoms with van der Waals surface area (Å²) in [6.45, 7) is 14.1. The van der Waals surface area contributed by atoms with Gasteiger partial charge in [0.2, 0.25) is 0 Å². The average Bonchev–Trinajstić information content (AvgIpc) is 3.06. The Labute approximate surface area is 234 Å². The largest absolute Gasteiger partial charge is 0.451 e. The highest BCUT2D eigenvalue weighted by Crippen LogP contribution is 2.63. The predicted molar refractivity (Wildman–Crippen MR) is 148 cm³/mol. The fraction of sp³-hybridized carbons (Fsp3) is 0.562. The van der Waals surface area contributed by atoms with E-state index in [9.17, 15) is 14.7 Å². The van der Waals surface area contributed by atoms with Crippen LogP contribution < -0.4 is 0 Å². The van der Waals surface area contributed by atoms with Crippen LogP contribution in [0, 0.1) is 28.6 Å². The molecule has 212 valence electrons. The molecule has 2 fully saturated rings. The minimum Gasteiger partial charge on any atom is -0.451 e. The van der Waals surface area contributed by atoms with E-state index in [-0.39, 0.29) is 35.2 Å². The molecule has 8 heteroatoms. The molecule has 1 aromatic carbocycles. The zero-order valence-corrected chi connectivity index (χ0v) is 24.2. The molecule has 40 heavy (non-hydrogen) atoms. The monoisotopic (exact) mass is 546 g/mol. The molecule has 1 aliphatic heterocycles. The Morgan fingerprint density at radius 2 is 1.85 bits per heavy atom. The summed E-state index contributed by atoms with van der Waals surface area (Å²) >= 11 is 0. The van der Waals surface area contributed by atoms with Crippen molar-refractivity contribution in [1.29, 1.82) is 0 Å². The Bertz CT molecular complexity index is 1470. The van der Waals surface area contributed by atoms with E-state index in [4.69, 9.17) is 14.2 Å². The van der Waals surface area contributed by atoms with Crippen molar-refractivity contribution in [3.8, 4) is 0 Å². The Morgan fingerprint density at radius 1 is 1.12 bits per heavy atom. The molecule has 1 N–H and O–H groups in total. The SMILES string of the molecule is CC1=CC23C(=O)[C@@H](C=C4COC(C)(C)O[C@H]4[C@]2(O)[C@H]1OC(=O)c1cnnc2ccccc12)C(C)(C)[C@@H](C)CC3C. The van der Waals surface area contributed by atoms with E-state index in [1.54, 1.807) is 26.0 Å². The van der Waals surface area contributed by atoms with Crippen LogP contribution in [-0.2, 0) is 19.0 Å². The number of carbonyl (C=O) groups excluding carboxylic acids is 2. The minimum absolute atomic E-state index is 0.0610. The molecule has 2 bridgehead atoms. The van der Waals surface area contributed by atoms with Gasteiger partial charge in [0, 0.05) is 11.3 Å². The van der Waals surface area contributed by atoms with Gasteiger partial charge in [-0.1, -0.05) is 58.0 Å². The molecule has 3 aliphatic carbocycles. The first-order chi connectivity index (χ1) is 18.7. The highest BCUT2D eigenvalue weighted by atomic mass is 16.7. The molecular formula is C32H38N2O6. The van der Waals surface area contributed by atoms with Gasteiger partial charge in [-0.3, -0.25) is 4.79 Å². The normalized spacial score (nSPS) is 37.9. The van der Waals surface area contributed by atoms with Crippen LogP contribution in [0.4, 0.5) is 0 Å². The molecule has 0 radical (unpaired) electrons. The lowest BCUT2D eigenvalue weighted by atomic mass is 9.59. The van der Waals surface area contributed by atoms with E-state index in [0.29, 0.717) is 22.0 Å². The van der Waals surface area contributed by atoms with E-state index in [0.717, 1.165) is 6.42 Å². The number of nitrogens with zero attached hydrogens (tertiary/aromatic N) is 2. The molecule has 2 heterocycles. The maximum absolute atomic E-state index is 14.8. The number of rotatable bonds is 2. The number of benzene rings is 1. The number of hydrogen-bond donors (Lipinski definition) is 1. The Morgan fingerprint density at radius 3 is 2.60 bits per heavy atom. The molecule has 1 aromatic heterocycles. The summed E-state index contributed by atoms with van der Waals surface area (Å²) in [6.07, 6.45) is 3.90. The summed E-state index contributed by atoms with van der Waals surface area (Å²) in [6, 6.07) is 7.21. The van der Waals surface area contributed by atoms with Crippen molar-refractivity contribution in [2.24, 2.45) is 28.6 Å². The first-order valence-corrected chi connectivity index (χ1v) is 14.1. The number of ether oxygens (including phenoxy) is 3. The van der Waals surface area contributed by atoms with Crippen LogP contribution in [0.25, 0.3) is 10.9 Å². The van der Waals surface area contributed by atoms with E-state index in [1.807, 2.05) is 38.1 Å². The summed E-state index contributed by atoms with van der Waals surface area (Å²) < 4.78 is 18.8. The lowest BCUT2D eigenvalue weighted by Gasteiger charge is -2.52. The van der Waals surface area contributed by atoms with Crippen molar-refractivity contribution >= 4 is 22.7 Å². The zero-order chi connectivity index (χ0) is 28.8. The smallest absolute Gasteiger partial charge is 0.341 e. The van der Waals surface area contributed by atoms with E-state index >= 15 is 0 Å². The van der Waals surface area contributed by atoms with Gasteiger partial charge in [0.1, 0.15) is 6.10 Å². The van der Waals surface area contributed by atoms with E-state index in [1.165, 1.54) is 6.20 Å². The first kappa shape index (κ1) is 27.2. The molecule has 6 rings (SSSR count). The average molecular weight is 547 g/mol. The van der Waals surface area contributed by atoms with Gasteiger partial charge in [0.05, 0.1) is 29.3 Å². The second-order valence-corrected chi connectivity index (χ2v) is 13.3. The number of Topliss-reactive ketones (excluding diaryl/α,β-unsaturated/α-hetero) is 1. The van der Waals surface area contributed by atoms with Crippen molar-refractivity contribution in [1.82, 2.24) is 10.2 Å². The van der Waals surface area contributed by atoms with Crippen molar-refractivity contribution in [2.75, 3.05) is 6.61 Å². The summed E-state index contributed by atoms with van der Waals surface area (Å²) in [5.74, 6) is -2.24. The van der Waals surface area contributed by atoms with E-state index in [2.05, 4.69) is 31.0 Å². The molecule has 1 spiro atoms. The second-order valence-electron chi connectivity index (χ2n) is 13.3. The van der Waals surface area contributed by atoms with Crippen LogP contribution in [-0.4, -0.2) is 57.3 Å². The standard InChI is InChI=1S/C32H38N2O6/c1-17-14-31-19(3)12-18(2)29(4,5)23(25(31)35)13-20-16-38-30(6,7)40-27(20)32(31,37)26(17)39-28(36)22-15-33-34-24-11-9-8-10-21(22)24/h8-11,13-15,18-19,23,26-27,37H,12,16H2,1-7H3/t18-,19?,23+,26-,27+,31?,32+/m0/s1. The Kier molecular flexibility index (Phi) is 5.98. The van der Waals surface area contributed by atoms with Crippen LogP contribution in [0.1, 0.15) is 65.2 Å². The summed E-state index contributed by atoms with van der Waals surface area (Å²) in [5, 5.41) is 21.9. The van der Waals surface area contributed by atoms with Crippen molar-refractivity contribution in [2.45, 2.75) is 78.5 Å². The van der Waals surface area contributed by atoms with Crippen LogP contribution >= 0.6 is 0 Å². The van der Waals surface area contributed by atoms with Gasteiger partial charge in [-0.15, -0.1) is 0 Å². The summed E-state index contributed by atoms with van der Waals surface area (Å²) in [7, 11) is 0. The van der Waals surface area contributed by atoms with Gasteiger partial charge in [-0.25, -0.2) is 4.79 Å². The third-order valence-corrected chi connectivity index (χ3v) is 10.3. The lowest BCUT2D eigenvalue weighted by molar-refractivity contribution is -0.302. The van der Waals surface area contributed by atoms with Gasteiger partial charge < -0.3 is 19.3 Å². The van der Waals surface area contributed by atoms with Crippen LogP contribution in [0.3, 0.4) is 0 Å². The molecule has 1 saturated heterocycles. The number of aliphatic hydroxyl groups is 1. The quantitative estimate of drug-likeness (QED) is 0.422. The predicted octanol–water partition coefficient (Wildman–Crippen LogP) is 4.81. The van der Waals surface area contributed by atoms with Crippen LogP contribution in [0.2, 0.25) is 0 Å². The van der Waals surface area contributed by atoms with Gasteiger partial charge in [-0.2, -0.15) is 10.2 Å². The minimum atomic E-state index is -1.89. The number of carbonyl (C=O) groups is 2. The summed E-state index contributed by atoms with van der Waals surface area (Å²) in [4.78, 5) is 28.7. The molecule has 1 saturated carbocycles. The Hall–Kier alpha value is -2.94. The number of fused-ring (bicyclic) bond motifs is 4. The summed E-state index contributed by atoms with van der Waals surface area (Å²) in [5.41, 5.74) is -1.45. The van der Waals surface area contributed by atoms with Crippen LogP contribution in [0.5, 0.6) is 0 Å². The number of esters is 1.